The third-order valence-electron chi connectivity index (χ3n) is 3.24. The lowest BCUT2D eigenvalue weighted by atomic mass is 10.2. The van der Waals surface area contributed by atoms with Crippen LogP contribution < -0.4 is 15.6 Å². The molecule has 2 rings (SSSR count). The van der Waals surface area contributed by atoms with Crippen LogP contribution in [0.15, 0.2) is 54.6 Å². The van der Waals surface area contributed by atoms with Gasteiger partial charge in [-0.25, -0.2) is 10.2 Å². The van der Waals surface area contributed by atoms with Gasteiger partial charge in [0.2, 0.25) is 0 Å². The van der Waals surface area contributed by atoms with Gasteiger partial charge in [0.1, 0.15) is 5.75 Å². The van der Waals surface area contributed by atoms with E-state index in [4.69, 9.17) is 0 Å². The van der Waals surface area contributed by atoms with Gasteiger partial charge in [0.15, 0.2) is 0 Å². The third-order valence-corrected chi connectivity index (χ3v) is 3.24. The smallest absolute Gasteiger partial charge is 0.406 e. The Morgan fingerprint density at radius 3 is 2.19 bits per heavy atom. The molecule has 0 aromatic heterocycles. The SMILES string of the molecule is CN(Cc1ccc(OC(F)(F)F)cc1)C(=O)NNC(=O)c1ccccc1. The largest absolute Gasteiger partial charge is 0.573 e. The Kier molecular flexibility index (Phi) is 6.05. The van der Waals surface area contributed by atoms with Crippen LogP contribution in [0.2, 0.25) is 0 Å². The van der Waals surface area contributed by atoms with Crippen LogP contribution in [0.1, 0.15) is 15.9 Å². The van der Waals surface area contributed by atoms with Crippen LogP contribution in [0.5, 0.6) is 5.75 Å². The van der Waals surface area contributed by atoms with E-state index in [0.717, 1.165) is 12.1 Å². The van der Waals surface area contributed by atoms with Crippen LogP contribution in [-0.4, -0.2) is 30.2 Å². The normalized spacial score (nSPS) is 10.8. The minimum Gasteiger partial charge on any atom is -0.406 e. The van der Waals surface area contributed by atoms with E-state index in [0.29, 0.717) is 11.1 Å². The van der Waals surface area contributed by atoms with Crippen molar-refractivity contribution in [3.63, 3.8) is 0 Å². The highest BCUT2D eigenvalue weighted by atomic mass is 19.4. The number of hydrazine groups is 1. The first kappa shape index (κ1) is 19.1. The molecule has 0 bridgehead atoms. The van der Waals surface area contributed by atoms with E-state index in [9.17, 15) is 22.8 Å². The number of halogens is 3. The molecule has 2 aromatic rings. The summed E-state index contributed by atoms with van der Waals surface area (Å²) >= 11 is 0. The highest BCUT2D eigenvalue weighted by Gasteiger charge is 2.30. The van der Waals surface area contributed by atoms with Gasteiger partial charge in [-0.3, -0.25) is 10.2 Å². The molecule has 3 amide bonds. The van der Waals surface area contributed by atoms with E-state index < -0.39 is 18.3 Å². The van der Waals surface area contributed by atoms with E-state index in [1.807, 2.05) is 0 Å². The Morgan fingerprint density at radius 2 is 1.62 bits per heavy atom. The number of benzene rings is 2. The van der Waals surface area contributed by atoms with Gasteiger partial charge in [0.05, 0.1) is 0 Å². The highest BCUT2D eigenvalue weighted by Crippen LogP contribution is 2.22. The fourth-order valence-corrected chi connectivity index (χ4v) is 2.01. The van der Waals surface area contributed by atoms with Crippen LogP contribution in [0, 0.1) is 0 Å². The van der Waals surface area contributed by atoms with Gasteiger partial charge in [0.25, 0.3) is 5.91 Å². The lowest BCUT2D eigenvalue weighted by Crippen LogP contribution is -2.47. The summed E-state index contributed by atoms with van der Waals surface area (Å²) in [4.78, 5) is 25.1. The molecule has 0 fully saturated rings. The molecule has 0 aliphatic rings. The zero-order valence-electron chi connectivity index (χ0n) is 13.7. The van der Waals surface area contributed by atoms with Crippen molar-refractivity contribution in [1.29, 1.82) is 0 Å². The number of carbonyl (C=O) groups is 2. The number of rotatable bonds is 4. The maximum Gasteiger partial charge on any atom is 0.573 e. The summed E-state index contributed by atoms with van der Waals surface area (Å²) < 4.78 is 40.1. The van der Waals surface area contributed by atoms with Crippen molar-refractivity contribution >= 4 is 11.9 Å². The summed E-state index contributed by atoms with van der Waals surface area (Å²) in [6.45, 7) is 0.124. The maximum atomic E-state index is 12.1. The minimum atomic E-state index is -4.75. The summed E-state index contributed by atoms with van der Waals surface area (Å²) in [6, 6.07) is 12.9. The van der Waals surface area contributed by atoms with E-state index in [1.54, 1.807) is 30.3 Å². The number of nitrogens with zero attached hydrogens (tertiary/aromatic N) is 1. The molecule has 0 aliphatic heterocycles. The van der Waals surface area contributed by atoms with E-state index in [-0.39, 0.29) is 12.3 Å². The quantitative estimate of drug-likeness (QED) is 0.816. The number of ether oxygens (including phenoxy) is 1. The lowest BCUT2D eigenvalue weighted by Gasteiger charge is -2.18. The molecule has 0 spiro atoms. The van der Waals surface area contributed by atoms with Crippen molar-refractivity contribution < 1.29 is 27.5 Å². The van der Waals surface area contributed by atoms with Crippen molar-refractivity contribution in [3.05, 3.63) is 65.7 Å². The monoisotopic (exact) mass is 367 g/mol. The van der Waals surface area contributed by atoms with Crippen molar-refractivity contribution in [2.45, 2.75) is 12.9 Å². The molecule has 0 heterocycles. The van der Waals surface area contributed by atoms with Gasteiger partial charge < -0.3 is 9.64 Å². The van der Waals surface area contributed by atoms with Gasteiger partial charge >= 0.3 is 12.4 Å². The van der Waals surface area contributed by atoms with Crippen LogP contribution in [0.4, 0.5) is 18.0 Å². The molecule has 0 saturated heterocycles. The molecule has 26 heavy (non-hydrogen) atoms. The molecule has 0 unspecified atom stereocenters. The van der Waals surface area contributed by atoms with E-state index in [2.05, 4.69) is 15.6 Å². The molecular weight excluding hydrogens is 351 g/mol. The number of alkyl halides is 3. The van der Waals surface area contributed by atoms with Gasteiger partial charge in [0, 0.05) is 19.2 Å². The van der Waals surface area contributed by atoms with Crippen molar-refractivity contribution in [3.8, 4) is 5.75 Å². The first-order valence-electron chi connectivity index (χ1n) is 7.46. The fraction of sp³-hybridized carbons (Fsp3) is 0.176. The average molecular weight is 367 g/mol. The Labute approximate surface area is 147 Å². The van der Waals surface area contributed by atoms with Crippen LogP contribution in [-0.2, 0) is 6.54 Å². The van der Waals surface area contributed by atoms with Gasteiger partial charge in [-0.2, -0.15) is 0 Å². The minimum absolute atomic E-state index is 0.124. The number of urea groups is 1. The molecule has 0 aliphatic carbocycles. The van der Waals surface area contributed by atoms with Crippen molar-refractivity contribution in [2.24, 2.45) is 0 Å². The Bertz CT molecular complexity index is 749. The van der Waals surface area contributed by atoms with Crippen molar-refractivity contribution in [2.75, 3.05) is 7.05 Å². The molecule has 0 saturated carbocycles. The number of hydrogen-bond donors (Lipinski definition) is 2. The zero-order chi connectivity index (χ0) is 19.2. The first-order valence-corrected chi connectivity index (χ1v) is 7.46. The number of hydrogen-bond acceptors (Lipinski definition) is 3. The Morgan fingerprint density at radius 1 is 1.00 bits per heavy atom. The molecule has 0 radical (unpaired) electrons. The summed E-state index contributed by atoms with van der Waals surface area (Å²) in [5.41, 5.74) is 5.51. The van der Waals surface area contributed by atoms with Crippen molar-refractivity contribution in [1.82, 2.24) is 15.8 Å². The number of nitrogens with one attached hydrogen (secondary N) is 2. The topological polar surface area (TPSA) is 70.7 Å². The molecule has 9 heteroatoms. The predicted octanol–water partition coefficient (Wildman–Crippen LogP) is 3.07. The Balaban J connectivity index is 1.84. The van der Waals surface area contributed by atoms with E-state index >= 15 is 0 Å². The summed E-state index contributed by atoms with van der Waals surface area (Å²) in [6.07, 6.45) is -4.75. The molecule has 2 N–H and O–H groups in total. The molecule has 2 aromatic carbocycles. The second-order valence-electron chi connectivity index (χ2n) is 5.30. The van der Waals surface area contributed by atoms with Crippen LogP contribution in [0.3, 0.4) is 0 Å². The highest BCUT2D eigenvalue weighted by molar-refractivity contribution is 5.95. The maximum absolute atomic E-state index is 12.1. The van der Waals surface area contributed by atoms with Gasteiger partial charge in [-0.1, -0.05) is 30.3 Å². The van der Waals surface area contributed by atoms with Gasteiger partial charge in [-0.05, 0) is 29.8 Å². The molecular formula is C17H16F3N3O3. The van der Waals surface area contributed by atoms with Gasteiger partial charge in [-0.15, -0.1) is 13.2 Å². The second kappa shape index (κ2) is 8.24. The number of carbonyl (C=O) groups excluding carboxylic acids is 2. The summed E-state index contributed by atoms with van der Waals surface area (Å²) in [5.74, 6) is -0.815. The van der Waals surface area contributed by atoms with E-state index in [1.165, 1.54) is 24.1 Å². The summed E-state index contributed by atoms with van der Waals surface area (Å²) in [5, 5.41) is 0. The van der Waals surface area contributed by atoms with Crippen LogP contribution in [0.25, 0.3) is 0 Å². The second-order valence-corrected chi connectivity index (χ2v) is 5.30. The zero-order valence-corrected chi connectivity index (χ0v) is 13.7. The molecule has 0 atom stereocenters. The van der Waals surface area contributed by atoms with Crippen LogP contribution >= 0.6 is 0 Å². The lowest BCUT2D eigenvalue weighted by molar-refractivity contribution is -0.274. The molecule has 138 valence electrons. The average Bonchev–Trinajstić information content (AvgIpc) is 2.60. The predicted molar refractivity (Wildman–Crippen MR) is 87.0 cm³/mol. The molecule has 6 nitrogen and oxygen atoms in total. The first-order chi connectivity index (χ1) is 12.2. The number of amides is 3. The third kappa shape index (κ3) is 6.00. The Hall–Kier alpha value is -3.23. The fourth-order valence-electron chi connectivity index (χ4n) is 2.01. The standard InChI is InChI=1S/C17H16F3N3O3/c1-23(11-12-7-9-14(10-8-12)26-17(18,19)20)16(25)22-21-15(24)13-5-3-2-4-6-13/h2-10H,11H2,1H3,(H,21,24)(H,22,25). The summed E-state index contributed by atoms with van der Waals surface area (Å²) in [7, 11) is 1.48.